The Morgan fingerprint density at radius 3 is 2.68 bits per heavy atom. The number of aryl methyl sites for hydroxylation is 2. The highest BCUT2D eigenvalue weighted by Gasteiger charge is 2.23. The number of hydrogen-bond donors (Lipinski definition) is 3. The summed E-state index contributed by atoms with van der Waals surface area (Å²) in [6, 6.07) is 7.49. The largest absolute Gasteiger partial charge is 0.398 e. The molecule has 0 saturated heterocycles. The summed E-state index contributed by atoms with van der Waals surface area (Å²) in [7, 11) is 0. The number of fused-ring (bicyclic) bond motifs is 3. The van der Waals surface area contributed by atoms with Crippen molar-refractivity contribution in [2.75, 3.05) is 11.6 Å². The van der Waals surface area contributed by atoms with Gasteiger partial charge < -0.3 is 16.9 Å². The number of aromatic nitrogens is 1. The first-order valence-corrected chi connectivity index (χ1v) is 10.4. The van der Waals surface area contributed by atoms with Gasteiger partial charge in [0.2, 0.25) is 0 Å². The smallest absolute Gasteiger partial charge is 0.151 e. The van der Waals surface area contributed by atoms with Crippen LogP contribution in [0, 0.1) is 18.2 Å². The summed E-state index contributed by atoms with van der Waals surface area (Å²) >= 11 is 1.59. The van der Waals surface area contributed by atoms with E-state index in [2.05, 4.69) is 19.1 Å². The zero-order valence-corrected chi connectivity index (χ0v) is 16.6. The molecule has 5 N–H and O–H groups in total. The molecule has 28 heavy (non-hydrogen) atoms. The van der Waals surface area contributed by atoms with Gasteiger partial charge in [0.05, 0.1) is 5.69 Å². The van der Waals surface area contributed by atoms with Gasteiger partial charge in [-0.25, -0.2) is 9.37 Å². The van der Waals surface area contributed by atoms with E-state index < -0.39 is 5.82 Å². The summed E-state index contributed by atoms with van der Waals surface area (Å²) in [4.78, 5) is 5.88. The summed E-state index contributed by atoms with van der Waals surface area (Å²) in [6.45, 7) is 2.06. The molecule has 0 saturated carbocycles. The molecule has 1 aromatic heterocycles. The van der Waals surface area contributed by atoms with Crippen LogP contribution in [0.15, 0.2) is 29.2 Å². The Hall–Kier alpha value is -2.44. The fraction of sp³-hybridized carbons (Fsp3) is 0.273. The van der Waals surface area contributed by atoms with E-state index in [1.165, 1.54) is 17.8 Å². The SMILES string of the molecule is Cc1ccc(-c2nc3c(F)cc(N)c(C=N)c3c3c2CCCC3)cc1SCN. The molecule has 6 heteroatoms. The molecule has 4 rings (SSSR count). The van der Waals surface area contributed by atoms with Crippen molar-refractivity contribution < 1.29 is 4.39 Å². The molecule has 0 atom stereocenters. The van der Waals surface area contributed by atoms with Crippen LogP contribution in [0.1, 0.15) is 35.1 Å². The van der Waals surface area contributed by atoms with Crippen molar-refractivity contribution in [3.05, 3.63) is 52.3 Å². The third-order valence-corrected chi connectivity index (χ3v) is 6.37. The average Bonchev–Trinajstić information content (AvgIpc) is 2.70. The van der Waals surface area contributed by atoms with Crippen molar-refractivity contribution in [2.24, 2.45) is 5.73 Å². The summed E-state index contributed by atoms with van der Waals surface area (Å²) in [5, 5.41) is 8.50. The number of halogens is 1. The van der Waals surface area contributed by atoms with Crippen molar-refractivity contribution in [1.82, 2.24) is 4.98 Å². The maximum atomic E-state index is 14.9. The zero-order chi connectivity index (χ0) is 19.8. The number of hydrogen-bond acceptors (Lipinski definition) is 5. The number of nitrogens with zero attached hydrogens (tertiary/aromatic N) is 1. The number of anilines is 1. The second-order valence-corrected chi connectivity index (χ2v) is 8.21. The van der Waals surface area contributed by atoms with E-state index in [0.717, 1.165) is 53.0 Å². The van der Waals surface area contributed by atoms with Crippen molar-refractivity contribution in [1.29, 1.82) is 5.41 Å². The van der Waals surface area contributed by atoms with Gasteiger partial charge in [0.1, 0.15) is 5.52 Å². The Morgan fingerprint density at radius 1 is 1.21 bits per heavy atom. The molecule has 3 aromatic rings. The third kappa shape index (κ3) is 3.06. The minimum atomic E-state index is -0.434. The second-order valence-electron chi connectivity index (χ2n) is 7.15. The highest BCUT2D eigenvalue weighted by Crippen LogP contribution is 2.39. The van der Waals surface area contributed by atoms with Gasteiger partial charge in [-0.1, -0.05) is 12.1 Å². The molecule has 0 aliphatic heterocycles. The van der Waals surface area contributed by atoms with Gasteiger partial charge in [0.15, 0.2) is 5.82 Å². The fourth-order valence-electron chi connectivity index (χ4n) is 4.10. The number of nitrogens with two attached hydrogens (primary N) is 2. The molecular weight excluding hydrogens is 371 g/mol. The second kappa shape index (κ2) is 7.53. The molecule has 1 aliphatic carbocycles. The predicted molar refractivity (Wildman–Crippen MR) is 116 cm³/mol. The van der Waals surface area contributed by atoms with Crippen LogP contribution in [0.5, 0.6) is 0 Å². The van der Waals surface area contributed by atoms with Crippen LogP contribution in [-0.4, -0.2) is 17.1 Å². The molecular formula is C22H23FN4S. The van der Waals surface area contributed by atoms with E-state index in [4.69, 9.17) is 21.9 Å². The maximum Gasteiger partial charge on any atom is 0.151 e. The average molecular weight is 395 g/mol. The van der Waals surface area contributed by atoms with E-state index in [9.17, 15) is 4.39 Å². The van der Waals surface area contributed by atoms with Crippen molar-refractivity contribution in [3.8, 4) is 11.3 Å². The number of nitrogens with one attached hydrogen (secondary N) is 1. The highest BCUT2D eigenvalue weighted by molar-refractivity contribution is 7.99. The minimum Gasteiger partial charge on any atom is -0.398 e. The Bertz CT molecular complexity index is 1090. The van der Waals surface area contributed by atoms with E-state index in [1.807, 2.05) is 6.07 Å². The predicted octanol–water partition coefficient (Wildman–Crippen LogP) is 4.82. The molecule has 1 heterocycles. The molecule has 1 aliphatic rings. The van der Waals surface area contributed by atoms with Crippen LogP contribution in [0.3, 0.4) is 0 Å². The first-order valence-electron chi connectivity index (χ1n) is 9.43. The van der Waals surface area contributed by atoms with Crippen LogP contribution in [0.25, 0.3) is 22.2 Å². The number of nitrogen functional groups attached to an aromatic ring is 1. The maximum absolute atomic E-state index is 14.9. The van der Waals surface area contributed by atoms with Gasteiger partial charge in [-0.05, 0) is 61.4 Å². The van der Waals surface area contributed by atoms with Gasteiger partial charge in [-0.3, -0.25) is 0 Å². The van der Waals surface area contributed by atoms with Crippen LogP contribution in [0.2, 0.25) is 0 Å². The zero-order valence-electron chi connectivity index (χ0n) is 15.8. The van der Waals surface area contributed by atoms with Crippen LogP contribution >= 0.6 is 11.8 Å². The number of thioether (sulfide) groups is 1. The summed E-state index contributed by atoms with van der Waals surface area (Å²) in [6.07, 6.45) is 5.08. The Kier molecular flexibility index (Phi) is 5.08. The Labute approximate surface area is 168 Å². The third-order valence-electron chi connectivity index (χ3n) is 5.45. The van der Waals surface area contributed by atoms with Gasteiger partial charge in [0.25, 0.3) is 0 Å². The summed E-state index contributed by atoms with van der Waals surface area (Å²) in [5.74, 6) is 0.0702. The van der Waals surface area contributed by atoms with E-state index in [0.29, 0.717) is 28.0 Å². The lowest BCUT2D eigenvalue weighted by Gasteiger charge is -2.23. The normalized spacial score (nSPS) is 13.5. The number of pyridine rings is 1. The molecule has 0 radical (unpaired) electrons. The lowest BCUT2D eigenvalue weighted by Crippen LogP contribution is -2.11. The molecule has 0 amide bonds. The van der Waals surface area contributed by atoms with Crippen LogP contribution in [-0.2, 0) is 12.8 Å². The number of rotatable bonds is 4. The van der Waals surface area contributed by atoms with Gasteiger partial charge in [-0.15, -0.1) is 11.8 Å². The van der Waals surface area contributed by atoms with Crippen LogP contribution in [0.4, 0.5) is 10.1 Å². The fourth-order valence-corrected chi connectivity index (χ4v) is 4.78. The van der Waals surface area contributed by atoms with Gasteiger partial charge in [-0.2, -0.15) is 0 Å². The topological polar surface area (TPSA) is 88.8 Å². The van der Waals surface area contributed by atoms with Gasteiger partial charge in [0, 0.05) is 39.2 Å². The quantitative estimate of drug-likeness (QED) is 0.256. The monoisotopic (exact) mass is 394 g/mol. The van der Waals surface area contributed by atoms with E-state index in [-0.39, 0.29) is 0 Å². The molecule has 2 aromatic carbocycles. The molecule has 0 bridgehead atoms. The van der Waals surface area contributed by atoms with Crippen molar-refractivity contribution in [2.45, 2.75) is 37.5 Å². The Morgan fingerprint density at radius 2 is 1.96 bits per heavy atom. The Balaban J connectivity index is 2.06. The molecule has 0 fully saturated rings. The number of benzene rings is 2. The lowest BCUT2D eigenvalue weighted by atomic mass is 9.84. The first kappa shape index (κ1) is 18.9. The van der Waals surface area contributed by atoms with Gasteiger partial charge >= 0.3 is 0 Å². The molecule has 144 valence electrons. The molecule has 4 nitrogen and oxygen atoms in total. The lowest BCUT2D eigenvalue weighted by molar-refractivity contribution is 0.636. The summed E-state index contributed by atoms with van der Waals surface area (Å²) in [5.41, 5.74) is 18.1. The minimum absolute atomic E-state index is 0.291. The standard InChI is InChI=1S/C22H23FN4S/c1-12-6-7-13(8-19(12)28-11-25)21-15-5-3-2-4-14(15)20-16(10-24)18(26)9-17(23)22(20)27-21/h6-10,24H,2-5,11,25-26H2,1H3. The van der Waals surface area contributed by atoms with E-state index in [1.54, 1.807) is 11.8 Å². The first-order chi connectivity index (χ1) is 13.5. The molecule has 0 spiro atoms. The molecule has 0 unspecified atom stereocenters. The highest BCUT2D eigenvalue weighted by atomic mass is 32.2. The van der Waals surface area contributed by atoms with Crippen LogP contribution < -0.4 is 11.5 Å². The van der Waals surface area contributed by atoms with Crippen molar-refractivity contribution in [3.63, 3.8) is 0 Å². The van der Waals surface area contributed by atoms with Crippen molar-refractivity contribution >= 4 is 34.6 Å². The van der Waals surface area contributed by atoms with E-state index >= 15 is 0 Å². The summed E-state index contributed by atoms with van der Waals surface area (Å²) < 4.78 is 14.9.